The van der Waals surface area contributed by atoms with Crippen LogP contribution in [0.3, 0.4) is 0 Å². The van der Waals surface area contributed by atoms with Crippen molar-refractivity contribution in [1.82, 2.24) is 14.2 Å². The van der Waals surface area contributed by atoms with Gasteiger partial charge in [-0.1, -0.05) is 24.3 Å². The summed E-state index contributed by atoms with van der Waals surface area (Å²) in [5.74, 6) is 0.698. The number of hydrogen-bond acceptors (Lipinski definition) is 5. The highest BCUT2D eigenvalue weighted by atomic mass is 32.2. The fourth-order valence-electron chi connectivity index (χ4n) is 2.83. The van der Waals surface area contributed by atoms with Gasteiger partial charge in [0.1, 0.15) is 12.4 Å². The Morgan fingerprint density at radius 3 is 2.44 bits per heavy atom. The number of hydrogen-bond donors (Lipinski definition) is 0. The number of sulfonamides is 1. The molecule has 1 saturated heterocycles. The summed E-state index contributed by atoms with van der Waals surface area (Å²) in [4.78, 5) is 6.37. The van der Waals surface area contributed by atoms with Crippen LogP contribution in [0.1, 0.15) is 5.56 Å². The van der Waals surface area contributed by atoms with Gasteiger partial charge < -0.3 is 4.74 Å². The minimum Gasteiger partial charge on any atom is -0.492 e. The standard InChI is InChI=1S/C18H23N3O3S/c22-25(23,14-13-24-18-6-2-1-3-7-18)21-11-9-20(10-12-21)16-17-5-4-8-19-15-17/h1-8,15H,9-14,16H2. The molecule has 1 fully saturated rings. The first-order chi connectivity index (χ1) is 12.1. The molecule has 2 aromatic rings. The SMILES string of the molecule is O=S(=O)(CCOc1ccccc1)N1CCN(Cc2cccnc2)CC1. The number of aromatic nitrogens is 1. The molecule has 7 heteroatoms. The number of pyridine rings is 1. The largest absolute Gasteiger partial charge is 0.492 e. The highest BCUT2D eigenvalue weighted by Crippen LogP contribution is 2.12. The lowest BCUT2D eigenvalue weighted by atomic mass is 10.2. The average Bonchev–Trinajstić information content (AvgIpc) is 2.64. The van der Waals surface area contributed by atoms with Crippen molar-refractivity contribution in [3.05, 3.63) is 60.4 Å². The lowest BCUT2D eigenvalue weighted by molar-refractivity contribution is 0.181. The Bertz CT molecular complexity index is 746. The van der Waals surface area contributed by atoms with E-state index in [2.05, 4.69) is 9.88 Å². The summed E-state index contributed by atoms with van der Waals surface area (Å²) in [7, 11) is -3.28. The molecule has 0 spiro atoms. The summed E-state index contributed by atoms with van der Waals surface area (Å²) in [5.41, 5.74) is 1.15. The quantitative estimate of drug-likeness (QED) is 0.750. The van der Waals surface area contributed by atoms with Crippen LogP contribution in [0.15, 0.2) is 54.9 Å². The Hall–Kier alpha value is -1.96. The third kappa shape index (κ3) is 5.26. The lowest BCUT2D eigenvalue weighted by Gasteiger charge is -2.33. The number of rotatable bonds is 7. The minimum absolute atomic E-state index is 0.00446. The highest BCUT2D eigenvalue weighted by molar-refractivity contribution is 7.89. The third-order valence-electron chi connectivity index (χ3n) is 4.21. The van der Waals surface area contributed by atoms with Crippen molar-refractivity contribution < 1.29 is 13.2 Å². The number of para-hydroxylation sites is 1. The summed E-state index contributed by atoms with van der Waals surface area (Å²) in [6.45, 7) is 3.48. The summed E-state index contributed by atoms with van der Waals surface area (Å²) < 4.78 is 32.0. The first kappa shape index (κ1) is 17.8. The van der Waals surface area contributed by atoms with Gasteiger partial charge >= 0.3 is 0 Å². The summed E-state index contributed by atoms with van der Waals surface area (Å²) >= 11 is 0. The first-order valence-corrected chi connectivity index (χ1v) is 10.0. The Labute approximate surface area is 149 Å². The Balaban J connectivity index is 1.44. The second-order valence-electron chi connectivity index (χ2n) is 6.01. The highest BCUT2D eigenvalue weighted by Gasteiger charge is 2.26. The van der Waals surface area contributed by atoms with Crippen LogP contribution in [0.4, 0.5) is 0 Å². The van der Waals surface area contributed by atoms with Crippen molar-refractivity contribution in [2.45, 2.75) is 6.54 Å². The molecule has 0 unspecified atom stereocenters. The normalized spacial score (nSPS) is 16.6. The smallest absolute Gasteiger partial charge is 0.217 e. The molecule has 1 aliphatic heterocycles. The van der Waals surface area contributed by atoms with Crippen molar-refractivity contribution in [1.29, 1.82) is 0 Å². The Morgan fingerprint density at radius 2 is 1.76 bits per heavy atom. The molecule has 2 heterocycles. The van der Waals surface area contributed by atoms with E-state index in [9.17, 15) is 8.42 Å². The van der Waals surface area contributed by atoms with Gasteiger partial charge in [-0.3, -0.25) is 9.88 Å². The van der Waals surface area contributed by atoms with Crippen LogP contribution in [-0.4, -0.2) is 61.1 Å². The van der Waals surface area contributed by atoms with Crippen molar-refractivity contribution >= 4 is 10.0 Å². The predicted molar refractivity (Wildman–Crippen MR) is 96.8 cm³/mol. The monoisotopic (exact) mass is 361 g/mol. The van der Waals surface area contributed by atoms with Gasteiger partial charge in [0.2, 0.25) is 10.0 Å². The van der Waals surface area contributed by atoms with Gasteiger partial charge in [-0.2, -0.15) is 4.31 Å². The van der Waals surface area contributed by atoms with E-state index in [4.69, 9.17) is 4.74 Å². The van der Waals surface area contributed by atoms with E-state index in [1.165, 1.54) is 0 Å². The first-order valence-electron chi connectivity index (χ1n) is 8.40. The molecule has 1 aromatic heterocycles. The van der Waals surface area contributed by atoms with Crippen LogP contribution in [-0.2, 0) is 16.6 Å². The van der Waals surface area contributed by atoms with Crippen LogP contribution < -0.4 is 4.74 Å². The van der Waals surface area contributed by atoms with E-state index in [-0.39, 0.29) is 12.4 Å². The summed E-state index contributed by atoms with van der Waals surface area (Å²) in [5, 5.41) is 0. The van der Waals surface area contributed by atoms with Gasteiger partial charge in [-0.15, -0.1) is 0 Å². The Kier molecular flexibility index (Phi) is 6.01. The van der Waals surface area contributed by atoms with Crippen LogP contribution in [0.25, 0.3) is 0 Å². The average molecular weight is 361 g/mol. The molecule has 0 N–H and O–H groups in total. The molecule has 134 valence electrons. The maximum Gasteiger partial charge on any atom is 0.217 e. The molecule has 0 atom stereocenters. The van der Waals surface area contributed by atoms with Gasteiger partial charge in [-0.25, -0.2) is 8.42 Å². The topological polar surface area (TPSA) is 62.7 Å². The van der Waals surface area contributed by atoms with Crippen molar-refractivity contribution in [3.63, 3.8) is 0 Å². The molecule has 1 aliphatic rings. The van der Waals surface area contributed by atoms with Crippen LogP contribution >= 0.6 is 0 Å². The number of ether oxygens (including phenoxy) is 1. The van der Waals surface area contributed by atoms with Crippen LogP contribution in [0, 0.1) is 0 Å². The summed E-state index contributed by atoms with van der Waals surface area (Å²) in [6.07, 6.45) is 3.61. The fraction of sp³-hybridized carbons (Fsp3) is 0.389. The second kappa shape index (κ2) is 8.42. The van der Waals surface area contributed by atoms with Gasteiger partial charge in [0, 0.05) is 45.1 Å². The molecule has 6 nitrogen and oxygen atoms in total. The molecular weight excluding hydrogens is 338 g/mol. The van der Waals surface area contributed by atoms with Gasteiger partial charge in [0.05, 0.1) is 5.75 Å². The molecule has 0 aliphatic carbocycles. The van der Waals surface area contributed by atoms with Crippen LogP contribution in [0.2, 0.25) is 0 Å². The van der Waals surface area contributed by atoms with Crippen molar-refractivity contribution in [2.75, 3.05) is 38.5 Å². The van der Waals surface area contributed by atoms with E-state index in [0.717, 1.165) is 25.2 Å². The van der Waals surface area contributed by atoms with Crippen molar-refractivity contribution in [2.24, 2.45) is 0 Å². The maximum atomic E-state index is 12.5. The van der Waals surface area contributed by atoms with Gasteiger partial charge in [0.25, 0.3) is 0 Å². The van der Waals surface area contributed by atoms with E-state index in [1.54, 1.807) is 10.5 Å². The van der Waals surface area contributed by atoms with Crippen LogP contribution in [0.5, 0.6) is 5.75 Å². The van der Waals surface area contributed by atoms with Gasteiger partial charge in [0.15, 0.2) is 0 Å². The Morgan fingerprint density at radius 1 is 1.00 bits per heavy atom. The molecule has 0 saturated carbocycles. The zero-order chi connectivity index (χ0) is 17.5. The zero-order valence-corrected chi connectivity index (χ0v) is 14.9. The molecular formula is C18H23N3O3S. The van der Waals surface area contributed by atoms with E-state index >= 15 is 0 Å². The maximum absolute atomic E-state index is 12.5. The number of piperazine rings is 1. The molecule has 1 aromatic carbocycles. The molecule has 3 rings (SSSR count). The molecule has 0 radical (unpaired) electrons. The molecule has 0 amide bonds. The fourth-order valence-corrected chi connectivity index (χ4v) is 4.10. The van der Waals surface area contributed by atoms with Gasteiger partial charge in [-0.05, 0) is 23.8 Å². The van der Waals surface area contributed by atoms with E-state index in [1.807, 2.05) is 48.7 Å². The molecule has 0 bridgehead atoms. The van der Waals surface area contributed by atoms with E-state index < -0.39 is 10.0 Å². The van der Waals surface area contributed by atoms with E-state index in [0.29, 0.717) is 18.8 Å². The molecule has 25 heavy (non-hydrogen) atoms. The minimum atomic E-state index is -3.28. The summed E-state index contributed by atoms with van der Waals surface area (Å²) in [6, 6.07) is 13.2. The third-order valence-corrected chi connectivity index (χ3v) is 6.04. The predicted octanol–water partition coefficient (Wildman–Crippen LogP) is 1.61. The zero-order valence-electron chi connectivity index (χ0n) is 14.1. The van der Waals surface area contributed by atoms with Crippen molar-refractivity contribution in [3.8, 4) is 5.75 Å². The number of nitrogens with zero attached hydrogens (tertiary/aromatic N) is 3. The lowest BCUT2D eigenvalue weighted by Crippen LogP contribution is -2.49. The second-order valence-corrected chi connectivity index (χ2v) is 8.10. The number of benzene rings is 1.